The molecule has 8 nitrogen and oxygen atoms in total. The molecule has 8 heteroatoms. The van der Waals surface area contributed by atoms with Crippen LogP contribution in [0.4, 0.5) is 0 Å². The fourth-order valence-electron chi connectivity index (χ4n) is 4.37. The summed E-state index contributed by atoms with van der Waals surface area (Å²) in [7, 11) is 1.65. The van der Waals surface area contributed by atoms with Crippen molar-refractivity contribution in [1.82, 2.24) is 20.9 Å². The van der Waals surface area contributed by atoms with Crippen molar-refractivity contribution in [2.24, 2.45) is 5.92 Å². The van der Waals surface area contributed by atoms with Crippen LogP contribution < -0.4 is 20.7 Å². The Morgan fingerprint density at radius 1 is 1.03 bits per heavy atom. The Morgan fingerprint density at radius 3 is 2.58 bits per heavy atom. The smallest absolute Gasteiger partial charge is 0.242 e. The van der Waals surface area contributed by atoms with Gasteiger partial charge in [0, 0.05) is 25.7 Å². The zero-order valence-corrected chi connectivity index (χ0v) is 19.6. The van der Waals surface area contributed by atoms with Crippen molar-refractivity contribution in [3.63, 3.8) is 0 Å². The van der Waals surface area contributed by atoms with Gasteiger partial charge in [-0.25, -0.2) is 0 Å². The lowest BCUT2D eigenvalue weighted by molar-refractivity contribution is -0.141. The molecule has 1 aromatic rings. The Kier molecular flexibility index (Phi) is 9.30. The largest absolute Gasteiger partial charge is 0.492 e. The van der Waals surface area contributed by atoms with Crippen molar-refractivity contribution in [2.45, 2.75) is 51.1 Å². The Labute approximate surface area is 196 Å². The molecule has 1 aliphatic carbocycles. The van der Waals surface area contributed by atoms with E-state index in [0.717, 1.165) is 37.0 Å². The number of rotatable bonds is 1. The van der Waals surface area contributed by atoms with Gasteiger partial charge in [0.15, 0.2) is 0 Å². The van der Waals surface area contributed by atoms with Gasteiger partial charge in [0.05, 0.1) is 12.6 Å². The number of benzene rings is 1. The first-order valence-electron chi connectivity index (χ1n) is 11.9. The van der Waals surface area contributed by atoms with Gasteiger partial charge in [-0.1, -0.05) is 49.6 Å². The van der Waals surface area contributed by atoms with Crippen LogP contribution in [-0.4, -0.2) is 68.0 Å². The summed E-state index contributed by atoms with van der Waals surface area (Å²) >= 11 is 0. The maximum absolute atomic E-state index is 13.4. The van der Waals surface area contributed by atoms with Gasteiger partial charge in [0.2, 0.25) is 17.7 Å². The number of carbonyl (C=O) groups excluding carboxylic acids is 3. The third kappa shape index (κ3) is 7.05. The summed E-state index contributed by atoms with van der Waals surface area (Å²) in [5, 5.41) is 8.81. The van der Waals surface area contributed by atoms with Gasteiger partial charge in [-0.3, -0.25) is 14.4 Å². The molecule has 33 heavy (non-hydrogen) atoms. The van der Waals surface area contributed by atoms with E-state index in [1.54, 1.807) is 14.0 Å². The number of nitrogens with one attached hydrogen (secondary N) is 3. The van der Waals surface area contributed by atoms with E-state index in [9.17, 15) is 14.4 Å². The summed E-state index contributed by atoms with van der Waals surface area (Å²) in [5.74, 6) is 0.245. The van der Waals surface area contributed by atoms with Gasteiger partial charge >= 0.3 is 0 Å². The van der Waals surface area contributed by atoms with Gasteiger partial charge in [-0.2, -0.15) is 0 Å². The van der Waals surface area contributed by atoms with Gasteiger partial charge in [0.25, 0.3) is 0 Å². The fraction of sp³-hybridized carbons (Fsp3) is 0.560. The third-order valence-electron chi connectivity index (χ3n) is 6.48. The van der Waals surface area contributed by atoms with Crippen LogP contribution in [0.3, 0.4) is 0 Å². The number of amides is 3. The molecule has 1 aliphatic heterocycles. The van der Waals surface area contributed by atoms with Crippen LogP contribution >= 0.6 is 0 Å². The molecular weight excluding hydrogens is 420 g/mol. The maximum Gasteiger partial charge on any atom is 0.242 e. The number of ether oxygens (including phenoxy) is 1. The topological polar surface area (TPSA) is 99.8 Å². The van der Waals surface area contributed by atoms with Crippen LogP contribution in [0.25, 0.3) is 6.08 Å². The molecule has 1 saturated carbocycles. The van der Waals surface area contributed by atoms with Crippen molar-refractivity contribution in [3.05, 3.63) is 35.9 Å². The normalized spacial score (nSPS) is 25.6. The highest BCUT2D eigenvalue weighted by Crippen LogP contribution is 2.27. The van der Waals surface area contributed by atoms with Crippen LogP contribution in [0.1, 0.15) is 44.6 Å². The summed E-state index contributed by atoms with van der Waals surface area (Å²) in [6, 6.07) is 6.66. The molecule has 1 unspecified atom stereocenters. The molecule has 0 bridgehead atoms. The average Bonchev–Trinajstić information content (AvgIpc) is 2.84. The van der Waals surface area contributed by atoms with E-state index < -0.39 is 6.04 Å². The Hall–Kier alpha value is -2.87. The first-order chi connectivity index (χ1) is 16.0. The first-order valence-corrected chi connectivity index (χ1v) is 11.9. The summed E-state index contributed by atoms with van der Waals surface area (Å²) in [6.07, 6.45) is 9.15. The summed E-state index contributed by atoms with van der Waals surface area (Å²) in [4.78, 5) is 39.6. The van der Waals surface area contributed by atoms with E-state index in [1.807, 2.05) is 36.4 Å². The lowest BCUT2D eigenvalue weighted by atomic mass is 9.83. The molecule has 3 amide bonds. The second-order valence-corrected chi connectivity index (χ2v) is 8.77. The molecule has 2 aliphatic rings. The summed E-state index contributed by atoms with van der Waals surface area (Å²) < 4.78 is 6.00. The molecule has 3 rings (SSSR count). The predicted molar refractivity (Wildman–Crippen MR) is 128 cm³/mol. The Bertz CT molecular complexity index is 851. The van der Waals surface area contributed by atoms with Gasteiger partial charge in [0.1, 0.15) is 18.4 Å². The maximum atomic E-state index is 13.4. The molecular formula is C25H36N4O4. The van der Waals surface area contributed by atoms with Crippen LogP contribution in [0.5, 0.6) is 5.75 Å². The van der Waals surface area contributed by atoms with Gasteiger partial charge < -0.3 is 25.6 Å². The molecule has 0 saturated heterocycles. The molecule has 180 valence electrons. The van der Waals surface area contributed by atoms with Gasteiger partial charge in [-0.05, 0) is 31.7 Å². The molecule has 1 fully saturated rings. The van der Waals surface area contributed by atoms with Crippen LogP contribution in [0.2, 0.25) is 0 Å². The van der Waals surface area contributed by atoms with E-state index in [2.05, 4.69) is 16.0 Å². The highest BCUT2D eigenvalue weighted by molar-refractivity contribution is 5.91. The average molecular weight is 457 g/mol. The van der Waals surface area contributed by atoms with Crippen molar-refractivity contribution >= 4 is 23.8 Å². The Balaban J connectivity index is 1.78. The molecule has 1 heterocycles. The highest BCUT2D eigenvalue weighted by atomic mass is 16.5. The number of hydrogen-bond acceptors (Lipinski definition) is 5. The van der Waals surface area contributed by atoms with Crippen molar-refractivity contribution < 1.29 is 19.1 Å². The first kappa shape index (κ1) is 24.8. The standard InChI is InChI=1S/C25H36N4O4/c1-18-24(31)28-17-22(30)26-14-8-12-19-9-6-7-13-21(19)33-16-15-27-23(25(32)29(18)2)20-10-4-3-5-11-20/h6-9,12-13,18,20,23,27H,3-5,10-11,14-17H2,1-2H3,(H,26,30)(H,28,31)/b12-8+/t18-,23?/m0/s1. The Morgan fingerprint density at radius 2 is 1.79 bits per heavy atom. The molecule has 0 radical (unpaired) electrons. The zero-order chi connectivity index (χ0) is 23.6. The van der Waals surface area contributed by atoms with Crippen molar-refractivity contribution in [2.75, 3.05) is 33.3 Å². The predicted octanol–water partition coefficient (Wildman–Crippen LogP) is 1.71. The number of likely N-dealkylation sites (N-methyl/N-ethyl adjacent to an activating group) is 1. The van der Waals surface area contributed by atoms with Crippen LogP contribution in [0, 0.1) is 5.92 Å². The second kappa shape index (κ2) is 12.4. The monoisotopic (exact) mass is 456 g/mol. The van der Waals surface area contributed by atoms with Crippen molar-refractivity contribution in [3.8, 4) is 5.75 Å². The highest BCUT2D eigenvalue weighted by Gasteiger charge is 2.34. The molecule has 2 atom stereocenters. The quantitative estimate of drug-likeness (QED) is 0.598. The number of fused-ring (bicyclic) bond motifs is 1. The molecule has 1 aromatic carbocycles. The van der Waals surface area contributed by atoms with E-state index >= 15 is 0 Å². The van der Waals surface area contributed by atoms with Gasteiger partial charge in [-0.15, -0.1) is 0 Å². The molecule has 0 spiro atoms. The molecule has 3 N–H and O–H groups in total. The minimum atomic E-state index is -0.680. The number of hydrogen-bond donors (Lipinski definition) is 3. The van der Waals surface area contributed by atoms with Crippen LogP contribution in [-0.2, 0) is 14.4 Å². The summed E-state index contributed by atoms with van der Waals surface area (Å²) in [6.45, 7) is 2.82. The minimum absolute atomic E-state index is 0.0987. The number of para-hydroxylation sites is 1. The van der Waals surface area contributed by atoms with E-state index in [-0.39, 0.29) is 36.2 Å². The van der Waals surface area contributed by atoms with E-state index in [4.69, 9.17) is 4.74 Å². The lowest BCUT2D eigenvalue weighted by Crippen LogP contribution is -2.56. The number of nitrogens with zero attached hydrogens (tertiary/aromatic N) is 1. The van der Waals surface area contributed by atoms with Crippen molar-refractivity contribution in [1.29, 1.82) is 0 Å². The molecule has 0 aromatic heterocycles. The zero-order valence-electron chi connectivity index (χ0n) is 19.6. The lowest BCUT2D eigenvalue weighted by Gasteiger charge is -2.34. The summed E-state index contributed by atoms with van der Waals surface area (Å²) in [5.41, 5.74) is 0.912. The number of carbonyl (C=O) groups is 3. The van der Waals surface area contributed by atoms with Crippen LogP contribution in [0.15, 0.2) is 30.3 Å². The fourth-order valence-corrected chi connectivity index (χ4v) is 4.37. The minimum Gasteiger partial charge on any atom is -0.492 e. The SMILES string of the molecule is C[C@H]1C(=O)NCC(=O)NC/C=C/c2ccccc2OCCNC(C2CCCCC2)C(=O)N1C. The van der Waals surface area contributed by atoms with E-state index in [1.165, 1.54) is 11.3 Å². The van der Waals surface area contributed by atoms with E-state index in [0.29, 0.717) is 19.7 Å². The third-order valence-corrected chi connectivity index (χ3v) is 6.48. The second-order valence-electron chi connectivity index (χ2n) is 8.77.